The van der Waals surface area contributed by atoms with Crippen LogP contribution in [0.4, 0.5) is 0 Å². The SMILES string of the molecule is C.C.C.C.C1=CCC=C1.C1=CCN=C1.C1=NC=NC1.c1c[nH]cn1.c1ccccc1.c1ccncc1.c1ccncc1.c1ccncc1.c1ccnnc1.c1ccoc1.c1ccoc1.c1ccsc1.c1cn[nH]n1.c1cnoc1.c1cocn1.c1cscn1.c1nnco1.c1nncs1. The van der Waals surface area contributed by atoms with Crippen molar-refractivity contribution in [2.75, 3.05) is 13.1 Å². The van der Waals surface area contributed by atoms with Gasteiger partial charge in [-0.05, 0) is 102 Å². The number of thiophene rings is 1. The molecule has 0 spiro atoms. The Kier molecular flexibility index (Phi) is 83.9. The molecule has 0 fully saturated rings. The molecule has 0 bridgehead atoms. The molecule has 520 valence electrons. The van der Waals surface area contributed by atoms with E-state index in [4.69, 9.17) is 0 Å². The molecule has 25 nitrogen and oxygen atoms in total. The number of imidazole rings is 1. The topological polar surface area (TPSA) is 328 Å². The number of hydrogen-bond acceptors (Lipinski definition) is 26. The predicted molar refractivity (Wildman–Crippen MR) is 401 cm³/mol. The van der Waals surface area contributed by atoms with Crippen molar-refractivity contribution in [3.8, 4) is 0 Å². The van der Waals surface area contributed by atoms with E-state index >= 15 is 0 Å². The van der Waals surface area contributed by atoms with Crippen molar-refractivity contribution in [3.63, 3.8) is 0 Å². The number of thiazole rings is 1. The van der Waals surface area contributed by atoms with E-state index in [1.807, 2.05) is 168 Å². The van der Waals surface area contributed by atoms with Gasteiger partial charge in [-0.15, -0.1) is 43.1 Å². The molecule has 16 heterocycles. The van der Waals surface area contributed by atoms with E-state index in [2.05, 4.69) is 148 Å². The van der Waals surface area contributed by atoms with Crippen LogP contribution in [-0.4, -0.2) is 118 Å². The number of aromatic nitrogens is 17. The second kappa shape index (κ2) is 89.5. The third-order valence-electron chi connectivity index (χ3n) is 8.10. The number of rotatable bonds is 0. The van der Waals surface area contributed by atoms with Gasteiger partial charge < -0.3 is 27.2 Å². The van der Waals surface area contributed by atoms with Crippen molar-refractivity contribution in [3.05, 3.63) is 371 Å². The maximum Gasteiger partial charge on any atom is 0.203 e. The van der Waals surface area contributed by atoms with Crippen LogP contribution in [0.5, 0.6) is 0 Å². The Morgan fingerprint density at radius 3 is 1.03 bits per heavy atom. The zero-order valence-electron chi connectivity index (χ0n) is 51.4. The van der Waals surface area contributed by atoms with Crippen molar-refractivity contribution in [1.29, 1.82) is 0 Å². The molecule has 0 unspecified atom stereocenters. The summed E-state index contributed by atoms with van der Waals surface area (Å²) in [7, 11) is 0. The van der Waals surface area contributed by atoms with Crippen molar-refractivity contribution in [2.24, 2.45) is 15.0 Å². The summed E-state index contributed by atoms with van der Waals surface area (Å²) in [6.45, 7) is 1.67. The molecular weight excluding hydrogens is 1310 g/mol. The fourth-order valence-corrected chi connectivity index (χ4v) is 5.45. The second-order valence-corrected chi connectivity index (χ2v) is 17.2. The van der Waals surface area contributed by atoms with Crippen LogP contribution in [0.2, 0.25) is 0 Å². The van der Waals surface area contributed by atoms with Gasteiger partial charge in [-0.3, -0.25) is 29.9 Å². The Morgan fingerprint density at radius 2 is 0.879 bits per heavy atom. The number of pyridine rings is 3. The maximum atomic E-state index is 4.58. The van der Waals surface area contributed by atoms with Crippen LogP contribution in [-0.2, 0) is 0 Å². The summed E-state index contributed by atoms with van der Waals surface area (Å²) in [5, 5.41) is 39.4. The average Bonchev–Trinajstić information content (AvgIpc) is 4.51. The van der Waals surface area contributed by atoms with E-state index in [0.29, 0.717) is 0 Å². The molecule has 1 aliphatic carbocycles. The molecule has 0 saturated carbocycles. The predicted octanol–water partition coefficient (Wildman–Crippen LogP) is 17.8. The number of hydrogen-bond donors (Lipinski definition) is 2. The molecule has 0 saturated heterocycles. The molecule has 28 heteroatoms. The number of nitrogens with one attached hydrogen (secondary N) is 2. The fraction of sp³-hybridized carbons (Fsp3) is 0.0986. The van der Waals surface area contributed by atoms with Crippen molar-refractivity contribution in [2.45, 2.75) is 36.1 Å². The van der Waals surface area contributed by atoms with Crippen LogP contribution in [0.25, 0.3) is 0 Å². The molecule has 99 heavy (non-hydrogen) atoms. The van der Waals surface area contributed by atoms with E-state index in [0.717, 1.165) is 19.5 Å². The molecule has 0 radical (unpaired) electrons. The van der Waals surface area contributed by atoms with Gasteiger partial charge in [-0.25, -0.2) is 15.0 Å². The summed E-state index contributed by atoms with van der Waals surface area (Å²) in [6.07, 6.45) is 59.0. The Bertz CT molecular complexity index is 2570. The Morgan fingerprint density at radius 1 is 0.333 bits per heavy atom. The highest BCUT2D eigenvalue weighted by Crippen LogP contribution is 1.94. The monoisotopic (exact) mass is 1400 g/mol. The number of allylic oxidation sites excluding steroid dienone is 5. The minimum Gasteiger partial charge on any atom is -0.473 e. The number of furan rings is 2. The molecule has 0 amide bonds. The van der Waals surface area contributed by atoms with Crippen LogP contribution in [0.15, 0.2) is 408 Å². The molecule has 3 aliphatic rings. The second-order valence-electron chi connectivity index (χ2n) is 15.0. The summed E-state index contributed by atoms with van der Waals surface area (Å²) in [5.74, 6) is 0. The minimum atomic E-state index is 0. The number of H-pyrrole nitrogens is 2. The van der Waals surface area contributed by atoms with Crippen LogP contribution < -0.4 is 0 Å². The summed E-state index contributed by atoms with van der Waals surface area (Å²) < 4.78 is 22.3. The van der Waals surface area contributed by atoms with E-state index in [1.165, 1.54) is 43.0 Å². The summed E-state index contributed by atoms with van der Waals surface area (Å²) in [5.41, 5.74) is 5.15. The third kappa shape index (κ3) is 87.4. The number of benzene rings is 1. The molecule has 18 rings (SSSR count). The Balaban J connectivity index is -0.000000482. The van der Waals surface area contributed by atoms with Gasteiger partial charge in [0.1, 0.15) is 29.9 Å². The van der Waals surface area contributed by atoms with E-state index < -0.39 is 0 Å². The zero-order valence-corrected chi connectivity index (χ0v) is 53.8. The van der Waals surface area contributed by atoms with Crippen LogP contribution in [0.3, 0.4) is 0 Å². The third-order valence-corrected chi connectivity index (χ3v) is 9.69. The lowest BCUT2D eigenvalue weighted by molar-refractivity contribution is 0.420. The lowest BCUT2D eigenvalue weighted by Crippen LogP contribution is -1.69. The van der Waals surface area contributed by atoms with Crippen LogP contribution in [0.1, 0.15) is 36.1 Å². The first-order valence-electron chi connectivity index (χ1n) is 27.7. The lowest BCUT2D eigenvalue weighted by Gasteiger charge is -1.70. The first-order chi connectivity index (χ1) is 47.5. The average molecular weight is 1400 g/mol. The summed E-state index contributed by atoms with van der Waals surface area (Å²) >= 11 is 4.81. The first kappa shape index (κ1) is 92.7. The van der Waals surface area contributed by atoms with E-state index in [1.54, 1.807) is 188 Å². The van der Waals surface area contributed by atoms with Gasteiger partial charge in [0.05, 0.1) is 74.8 Å². The molecular formula is C71H88N20O5S3. The van der Waals surface area contributed by atoms with Crippen LogP contribution in [0, 0.1) is 0 Å². The standard InChI is InChI=1S/C6H6.3C5H5N.C5H6.C4H4N2.C4H5N.2C4H4O.C4H4S.2C3H4N2.2C3H3NO.C3H3NS.C2H3N3.C2H2N2O.C2H2N2S.4CH4/c4*1-2-4-6-5-3-1;1-2-4-5-3-1;1-2-4-6-5-3-1;4*1-2-4-5-3-1;3*1-2-5-3-4-1;1-2-4-5-3-1;1-2-5-3-4-1;1-2-4-5-3-1;2*1-3-4-2-5-1;;;;/h1-6H;3*1-5H;1-4H,5H2;1-4H;1-3H,4H2;3*1-4H;1,3H,2H2;1-3H,(H,4,5);3*1-3H;1-2H,(H,3,4,5);2*1-2H;4*1H4. The van der Waals surface area contributed by atoms with Crippen molar-refractivity contribution < 1.29 is 22.2 Å². The number of nitrogens with zero attached hydrogens (tertiary/aromatic N) is 18. The highest BCUT2D eigenvalue weighted by Gasteiger charge is 1.75. The molecule has 0 atom stereocenters. The maximum absolute atomic E-state index is 4.58. The number of aliphatic imine (C=N–C) groups is 3. The van der Waals surface area contributed by atoms with Gasteiger partial charge in [0.2, 0.25) is 12.8 Å². The van der Waals surface area contributed by atoms with Gasteiger partial charge in [-0.2, -0.15) is 36.9 Å². The molecule has 14 aromatic heterocycles. The lowest BCUT2D eigenvalue weighted by atomic mass is 10.4. The molecule has 2 aliphatic heterocycles. The molecule has 2 N–H and O–H groups in total. The van der Waals surface area contributed by atoms with E-state index in [9.17, 15) is 0 Å². The van der Waals surface area contributed by atoms with Gasteiger partial charge in [-0.1, -0.05) is 132 Å². The fourth-order valence-electron chi connectivity index (χ4n) is 4.37. The summed E-state index contributed by atoms with van der Waals surface area (Å²) in [4.78, 5) is 36.3. The highest BCUT2D eigenvalue weighted by atomic mass is 32.1. The normalized spacial score (nSPS) is 9.13. The van der Waals surface area contributed by atoms with Crippen molar-refractivity contribution >= 4 is 52.8 Å². The quantitative estimate of drug-likeness (QED) is 0.142. The molecule has 15 aromatic rings. The zero-order chi connectivity index (χ0) is 67.2. The van der Waals surface area contributed by atoms with Crippen molar-refractivity contribution in [1.82, 2.24) is 86.0 Å². The minimum absolute atomic E-state index is 0. The van der Waals surface area contributed by atoms with E-state index in [-0.39, 0.29) is 29.7 Å². The van der Waals surface area contributed by atoms with Crippen LogP contribution >= 0.6 is 34.0 Å². The smallest absolute Gasteiger partial charge is 0.203 e. The Labute approximate surface area is 592 Å². The Hall–Kier alpha value is -12.7. The highest BCUT2D eigenvalue weighted by molar-refractivity contribution is 7.08. The van der Waals surface area contributed by atoms with Gasteiger partial charge >= 0.3 is 0 Å². The molecule has 1 aromatic carbocycles. The first-order valence-corrected chi connectivity index (χ1v) is 30.6. The largest absolute Gasteiger partial charge is 0.473 e. The van der Waals surface area contributed by atoms with Gasteiger partial charge in [0.25, 0.3) is 0 Å². The summed E-state index contributed by atoms with van der Waals surface area (Å²) in [6, 6.07) is 45.9. The van der Waals surface area contributed by atoms with Gasteiger partial charge in [0.15, 0.2) is 6.39 Å². The number of aromatic amines is 2. The number of oxazole rings is 1. The van der Waals surface area contributed by atoms with Gasteiger partial charge in [0, 0.05) is 86.0 Å².